The number of anilines is 1. The van der Waals surface area contributed by atoms with Crippen molar-refractivity contribution >= 4 is 5.69 Å². The summed E-state index contributed by atoms with van der Waals surface area (Å²) >= 11 is 0. The van der Waals surface area contributed by atoms with E-state index >= 15 is 0 Å². The quantitative estimate of drug-likeness (QED) is 0.539. The van der Waals surface area contributed by atoms with Crippen LogP contribution in [0.15, 0.2) is 24.3 Å². The van der Waals surface area contributed by atoms with E-state index in [0.29, 0.717) is 6.61 Å². The van der Waals surface area contributed by atoms with Crippen LogP contribution in [0.5, 0.6) is 5.75 Å². The van der Waals surface area contributed by atoms with E-state index in [1.165, 1.54) is 0 Å². The summed E-state index contributed by atoms with van der Waals surface area (Å²) in [5, 5.41) is 0. The first kappa shape index (κ1) is 14.8. The van der Waals surface area contributed by atoms with Crippen molar-refractivity contribution in [3.8, 4) is 5.75 Å². The van der Waals surface area contributed by atoms with Crippen LogP contribution in [0.3, 0.4) is 0 Å². The molecule has 0 aromatic heterocycles. The predicted octanol–water partition coefficient (Wildman–Crippen LogP) is 2.01. The van der Waals surface area contributed by atoms with Gasteiger partial charge in [0, 0.05) is 25.4 Å². The molecule has 0 bridgehead atoms. The zero-order chi connectivity index (χ0) is 13.2. The van der Waals surface area contributed by atoms with E-state index in [2.05, 4.69) is 11.8 Å². The number of nitrogens with two attached hydrogens (primary N) is 1. The molecular formula is C14H24N2O2. The maximum Gasteiger partial charge on any atom is 0.119 e. The summed E-state index contributed by atoms with van der Waals surface area (Å²) in [4.78, 5) is 2.31. The van der Waals surface area contributed by atoms with Crippen LogP contribution in [0.25, 0.3) is 0 Å². The first-order chi connectivity index (χ1) is 8.76. The van der Waals surface area contributed by atoms with Gasteiger partial charge in [0.2, 0.25) is 0 Å². The lowest BCUT2D eigenvalue weighted by molar-refractivity contribution is 0.108. The molecule has 102 valence electrons. The smallest absolute Gasteiger partial charge is 0.119 e. The van der Waals surface area contributed by atoms with E-state index in [1.54, 1.807) is 0 Å². The van der Waals surface area contributed by atoms with Crippen molar-refractivity contribution in [2.24, 2.45) is 0 Å². The van der Waals surface area contributed by atoms with Gasteiger partial charge in [-0.25, -0.2) is 0 Å². The summed E-state index contributed by atoms with van der Waals surface area (Å²) < 4.78 is 11.0. The highest BCUT2D eigenvalue weighted by Crippen LogP contribution is 2.12. The highest BCUT2D eigenvalue weighted by atomic mass is 16.5. The van der Waals surface area contributed by atoms with Crippen LogP contribution in [-0.2, 0) is 4.74 Å². The lowest BCUT2D eigenvalue weighted by atomic mass is 10.3. The number of rotatable bonds is 9. The van der Waals surface area contributed by atoms with Crippen molar-refractivity contribution in [2.45, 2.75) is 13.8 Å². The van der Waals surface area contributed by atoms with Crippen molar-refractivity contribution in [1.82, 2.24) is 4.90 Å². The molecule has 0 saturated carbocycles. The summed E-state index contributed by atoms with van der Waals surface area (Å²) in [7, 11) is 0. The molecular weight excluding hydrogens is 228 g/mol. The monoisotopic (exact) mass is 252 g/mol. The Morgan fingerprint density at radius 3 is 2.33 bits per heavy atom. The fraction of sp³-hybridized carbons (Fsp3) is 0.571. The minimum absolute atomic E-state index is 0.684. The van der Waals surface area contributed by atoms with Crippen molar-refractivity contribution in [2.75, 3.05) is 45.2 Å². The molecule has 2 N–H and O–H groups in total. The van der Waals surface area contributed by atoms with E-state index in [4.69, 9.17) is 15.2 Å². The number of likely N-dealkylation sites (N-methyl/N-ethyl adjacent to an activating group) is 1. The zero-order valence-corrected chi connectivity index (χ0v) is 11.4. The standard InChI is InChI=1S/C14H24N2O2/c1-3-16(9-11-17-4-2)10-12-18-14-7-5-13(15)6-8-14/h5-8H,3-4,9-12,15H2,1-2H3. The van der Waals surface area contributed by atoms with Crippen LogP contribution >= 0.6 is 0 Å². The highest BCUT2D eigenvalue weighted by molar-refractivity contribution is 5.41. The van der Waals surface area contributed by atoms with Gasteiger partial charge in [-0.3, -0.25) is 4.90 Å². The van der Waals surface area contributed by atoms with Crippen LogP contribution in [0.1, 0.15) is 13.8 Å². The molecule has 0 radical (unpaired) electrons. The number of ether oxygens (including phenoxy) is 2. The summed E-state index contributed by atoms with van der Waals surface area (Å²) in [5.74, 6) is 0.866. The number of nitrogens with zero attached hydrogens (tertiary/aromatic N) is 1. The Bertz CT molecular complexity index is 314. The lowest BCUT2D eigenvalue weighted by Gasteiger charge is -2.20. The van der Waals surface area contributed by atoms with E-state index in [1.807, 2.05) is 31.2 Å². The van der Waals surface area contributed by atoms with Gasteiger partial charge in [0.15, 0.2) is 0 Å². The molecule has 4 heteroatoms. The number of benzene rings is 1. The van der Waals surface area contributed by atoms with Crippen molar-refractivity contribution in [3.63, 3.8) is 0 Å². The van der Waals surface area contributed by atoms with Gasteiger partial charge in [-0.2, -0.15) is 0 Å². The molecule has 18 heavy (non-hydrogen) atoms. The molecule has 0 amide bonds. The second kappa shape index (κ2) is 8.78. The van der Waals surface area contributed by atoms with Crippen LogP contribution in [0.2, 0.25) is 0 Å². The van der Waals surface area contributed by atoms with Gasteiger partial charge in [-0.05, 0) is 37.7 Å². The minimum Gasteiger partial charge on any atom is -0.492 e. The fourth-order valence-electron chi connectivity index (χ4n) is 1.62. The third kappa shape index (κ3) is 5.89. The Kier molecular flexibility index (Phi) is 7.22. The van der Waals surface area contributed by atoms with Crippen molar-refractivity contribution in [3.05, 3.63) is 24.3 Å². The Labute approximate surface area is 110 Å². The number of hydrogen-bond acceptors (Lipinski definition) is 4. The molecule has 0 saturated heterocycles. The van der Waals surface area contributed by atoms with Crippen molar-refractivity contribution in [1.29, 1.82) is 0 Å². The lowest BCUT2D eigenvalue weighted by Crippen LogP contribution is -2.31. The normalized spacial score (nSPS) is 10.8. The Balaban J connectivity index is 2.20. The molecule has 0 fully saturated rings. The van der Waals surface area contributed by atoms with Gasteiger partial charge in [-0.15, -0.1) is 0 Å². The van der Waals surface area contributed by atoms with Gasteiger partial charge in [0.05, 0.1) is 6.61 Å². The van der Waals surface area contributed by atoms with Crippen LogP contribution in [0, 0.1) is 0 Å². The topological polar surface area (TPSA) is 47.7 Å². The Morgan fingerprint density at radius 2 is 1.72 bits per heavy atom. The summed E-state index contributed by atoms with van der Waals surface area (Å²) in [6, 6.07) is 7.49. The minimum atomic E-state index is 0.684. The summed E-state index contributed by atoms with van der Waals surface area (Å²) in [6.45, 7) is 9.28. The average molecular weight is 252 g/mol. The third-order valence-electron chi connectivity index (χ3n) is 2.76. The summed E-state index contributed by atoms with van der Waals surface area (Å²) in [5.41, 5.74) is 6.37. The summed E-state index contributed by atoms with van der Waals surface area (Å²) in [6.07, 6.45) is 0. The van der Waals surface area contributed by atoms with E-state index in [0.717, 1.165) is 44.3 Å². The van der Waals surface area contributed by atoms with Gasteiger partial charge >= 0.3 is 0 Å². The van der Waals surface area contributed by atoms with Crippen LogP contribution in [0.4, 0.5) is 5.69 Å². The molecule has 1 rings (SSSR count). The van der Waals surface area contributed by atoms with Gasteiger partial charge in [0.25, 0.3) is 0 Å². The molecule has 0 aliphatic rings. The molecule has 0 aliphatic carbocycles. The highest BCUT2D eigenvalue weighted by Gasteiger charge is 2.02. The molecule has 0 aliphatic heterocycles. The Morgan fingerprint density at radius 1 is 1.06 bits per heavy atom. The molecule has 0 spiro atoms. The largest absolute Gasteiger partial charge is 0.492 e. The predicted molar refractivity (Wildman–Crippen MR) is 75.0 cm³/mol. The first-order valence-electron chi connectivity index (χ1n) is 6.54. The Hall–Kier alpha value is -1.26. The second-order valence-corrected chi connectivity index (χ2v) is 4.05. The molecule has 1 aromatic rings. The van der Waals surface area contributed by atoms with E-state index in [-0.39, 0.29) is 0 Å². The first-order valence-corrected chi connectivity index (χ1v) is 6.54. The molecule has 0 unspecified atom stereocenters. The van der Waals surface area contributed by atoms with Crippen molar-refractivity contribution < 1.29 is 9.47 Å². The molecule has 0 atom stereocenters. The zero-order valence-electron chi connectivity index (χ0n) is 11.4. The van der Waals surface area contributed by atoms with Crippen LogP contribution < -0.4 is 10.5 Å². The molecule has 0 heterocycles. The molecule has 1 aromatic carbocycles. The van der Waals surface area contributed by atoms with Crippen LogP contribution in [-0.4, -0.2) is 44.4 Å². The number of nitrogen functional groups attached to an aromatic ring is 1. The van der Waals surface area contributed by atoms with E-state index < -0.39 is 0 Å². The average Bonchev–Trinajstić information content (AvgIpc) is 2.39. The molecule has 4 nitrogen and oxygen atoms in total. The SMILES string of the molecule is CCOCCN(CC)CCOc1ccc(N)cc1. The van der Waals surface area contributed by atoms with Gasteiger partial charge < -0.3 is 15.2 Å². The van der Waals surface area contributed by atoms with Gasteiger partial charge in [0.1, 0.15) is 12.4 Å². The second-order valence-electron chi connectivity index (χ2n) is 4.05. The maximum atomic E-state index is 5.66. The maximum absolute atomic E-state index is 5.66. The third-order valence-corrected chi connectivity index (χ3v) is 2.76. The van der Waals surface area contributed by atoms with Gasteiger partial charge in [-0.1, -0.05) is 6.92 Å². The fourth-order valence-corrected chi connectivity index (χ4v) is 1.62. The number of hydrogen-bond donors (Lipinski definition) is 1. The van der Waals surface area contributed by atoms with E-state index in [9.17, 15) is 0 Å².